The molecule has 1 fully saturated rings. The molecule has 1 atom stereocenters. The van der Waals surface area contributed by atoms with Gasteiger partial charge in [0.2, 0.25) is 0 Å². The van der Waals surface area contributed by atoms with Gasteiger partial charge in [0.25, 0.3) is 0 Å². The van der Waals surface area contributed by atoms with Crippen molar-refractivity contribution in [2.24, 2.45) is 0 Å². The van der Waals surface area contributed by atoms with Gasteiger partial charge in [0.05, 0.1) is 45.3 Å². The molecule has 4 rings (SSSR count). The lowest BCUT2D eigenvalue weighted by Gasteiger charge is -2.35. The molecule has 0 aliphatic carbocycles. The molecule has 146 valence electrons. The summed E-state index contributed by atoms with van der Waals surface area (Å²) in [4.78, 5) is 2.27. The van der Waals surface area contributed by atoms with Gasteiger partial charge >= 0.3 is 0 Å². The topological polar surface area (TPSA) is 65.9 Å². The Balaban J connectivity index is 1.69. The number of hydrogen-bond donors (Lipinski definition) is 0. The van der Waals surface area contributed by atoms with E-state index >= 15 is 0 Å². The Labute approximate surface area is 163 Å². The number of rotatable bonds is 5. The number of anilines is 1. The highest BCUT2D eigenvalue weighted by molar-refractivity contribution is 5.93. The Morgan fingerprint density at radius 2 is 1.86 bits per heavy atom. The van der Waals surface area contributed by atoms with E-state index in [1.54, 1.807) is 27.5 Å². The summed E-state index contributed by atoms with van der Waals surface area (Å²) in [5.74, 6) is 2.13. The number of fused-ring (bicyclic) bond motifs is 1. The van der Waals surface area contributed by atoms with Crippen molar-refractivity contribution in [3.05, 3.63) is 48.2 Å². The third-order valence-electron chi connectivity index (χ3n) is 5.00. The molecule has 28 heavy (non-hydrogen) atoms. The van der Waals surface area contributed by atoms with E-state index in [1.165, 1.54) is 0 Å². The van der Waals surface area contributed by atoms with E-state index in [0.29, 0.717) is 24.7 Å². The van der Waals surface area contributed by atoms with Crippen LogP contribution in [0.3, 0.4) is 0 Å². The lowest BCUT2D eigenvalue weighted by molar-refractivity contribution is 0.0397. The molecule has 1 aromatic heterocycles. The fourth-order valence-electron chi connectivity index (χ4n) is 3.53. The fourth-order valence-corrected chi connectivity index (χ4v) is 3.53. The third kappa shape index (κ3) is 3.41. The van der Waals surface area contributed by atoms with E-state index in [0.717, 1.165) is 34.4 Å². The van der Waals surface area contributed by atoms with Crippen molar-refractivity contribution in [1.29, 1.82) is 0 Å². The summed E-state index contributed by atoms with van der Waals surface area (Å²) in [7, 11) is 4.91. The average Bonchev–Trinajstić information content (AvgIpc) is 2.77. The normalized spacial score (nSPS) is 16.8. The maximum absolute atomic E-state index is 6.03. The van der Waals surface area contributed by atoms with Crippen molar-refractivity contribution in [3.8, 4) is 17.2 Å². The molecule has 3 aromatic rings. The van der Waals surface area contributed by atoms with E-state index in [4.69, 9.17) is 18.9 Å². The van der Waals surface area contributed by atoms with Crippen LogP contribution in [0.4, 0.5) is 5.69 Å². The minimum absolute atomic E-state index is 0.0489. The molecule has 1 aliphatic rings. The molecule has 1 aliphatic heterocycles. The molecular formula is C21H23N3O4. The number of benzene rings is 2. The van der Waals surface area contributed by atoms with E-state index in [1.807, 2.05) is 30.3 Å². The van der Waals surface area contributed by atoms with Crippen molar-refractivity contribution in [3.63, 3.8) is 0 Å². The summed E-state index contributed by atoms with van der Waals surface area (Å²) in [5.41, 5.74) is 2.86. The molecule has 7 heteroatoms. The number of ether oxygens (including phenoxy) is 4. The standard InChI is InChI=1S/C21H23N3O4/c1-25-15-6-4-5-14(9-15)21-13-24(7-8-28-21)18-12-22-23-17-11-20(27-3)19(26-2)10-16(17)18/h4-6,9-12,21H,7-8,13H2,1-3H3. The van der Waals surface area contributed by atoms with E-state index in [-0.39, 0.29) is 6.10 Å². The molecule has 0 bridgehead atoms. The maximum atomic E-state index is 6.03. The third-order valence-corrected chi connectivity index (χ3v) is 5.00. The molecule has 0 radical (unpaired) electrons. The molecule has 0 amide bonds. The molecule has 7 nitrogen and oxygen atoms in total. The number of hydrogen-bond acceptors (Lipinski definition) is 7. The monoisotopic (exact) mass is 381 g/mol. The van der Waals surface area contributed by atoms with Crippen molar-refractivity contribution in [2.45, 2.75) is 6.10 Å². The first-order valence-corrected chi connectivity index (χ1v) is 9.11. The first kappa shape index (κ1) is 18.3. The van der Waals surface area contributed by atoms with Gasteiger partial charge in [0, 0.05) is 24.5 Å². The zero-order valence-corrected chi connectivity index (χ0v) is 16.2. The van der Waals surface area contributed by atoms with Gasteiger partial charge in [-0.25, -0.2) is 0 Å². The Bertz CT molecular complexity index is 979. The van der Waals surface area contributed by atoms with Gasteiger partial charge in [0.1, 0.15) is 11.9 Å². The highest BCUT2D eigenvalue weighted by atomic mass is 16.5. The zero-order valence-electron chi connectivity index (χ0n) is 16.2. The number of aromatic nitrogens is 2. The second kappa shape index (κ2) is 7.90. The number of nitrogens with zero attached hydrogens (tertiary/aromatic N) is 3. The lowest BCUT2D eigenvalue weighted by Crippen LogP contribution is -2.38. The molecule has 2 heterocycles. The molecule has 1 unspecified atom stereocenters. The van der Waals surface area contributed by atoms with Crippen LogP contribution in [0.15, 0.2) is 42.6 Å². The van der Waals surface area contributed by atoms with Gasteiger partial charge in [0.15, 0.2) is 11.5 Å². The SMILES string of the molecule is COc1cccc(C2CN(c3cnnc4cc(OC)c(OC)cc34)CCO2)c1. The van der Waals surface area contributed by atoms with Crippen LogP contribution in [0.1, 0.15) is 11.7 Å². The zero-order chi connectivity index (χ0) is 19.5. The summed E-state index contributed by atoms with van der Waals surface area (Å²) in [5, 5.41) is 9.43. The molecule has 1 saturated heterocycles. The van der Waals surface area contributed by atoms with Crippen LogP contribution < -0.4 is 19.1 Å². The Hall–Kier alpha value is -3.06. The molecule has 2 aromatic carbocycles. The molecule has 0 spiro atoms. The molecule has 0 saturated carbocycles. The highest BCUT2D eigenvalue weighted by Gasteiger charge is 2.24. The minimum Gasteiger partial charge on any atom is -0.497 e. The van der Waals surface area contributed by atoms with Crippen LogP contribution in [0.25, 0.3) is 10.9 Å². The van der Waals surface area contributed by atoms with Crippen LogP contribution in [0.2, 0.25) is 0 Å². The van der Waals surface area contributed by atoms with Crippen LogP contribution >= 0.6 is 0 Å². The largest absolute Gasteiger partial charge is 0.497 e. The van der Waals surface area contributed by atoms with Crippen LogP contribution in [0, 0.1) is 0 Å². The van der Waals surface area contributed by atoms with Gasteiger partial charge in [-0.1, -0.05) is 12.1 Å². The Morgan fingerprint density at radius 1 is 1.04 bits per heavy atom. The van der Waals surface area contributed by atoms with Crippen molar-refractivity contribution >= 4 is 16.6 Å². The first-order chi connectivity index (χ1) is 13.7. The van der Waals surface area contributed by atoms with E-state index < -0.39 is 0 Å². The summed E-state index contributed by atoms with van der Waals surface area (Å²) in [6.07, 6.45) is 1.74. The second-order valence-electron chi connectivity index (χ2n) is 6.54. The van der Waals surface area contributed by atoms with Crippen LogP contribution in [-0.2, 0) is 4.74 Å². The second-order valence-corrected chi connectivity index (χ2v) is 6.54. The van der Waals surface area contributed by atoms with Gasteiger partial charge in [-0.3, -0.25) is 0 Å². The Morgan fingerprint density at radius 3 is 2.64 bits per heavy atom. The van der Waals surface area contributed by atoms with Crippen LogP contribution in [-0.4, -0.2) is 51.2 Å². The summed E-state index contributed by atoms with van der Waals surface area (Å²) < 4.78 is 22.2. The number of morpholine rings is 1. The van der Waals surface area contributed by atoms with Crippen molar-refractivity contribution in [2.75, 3.05) is 45.9 Å². The van der Waals surface area contributed by atoms with Gasteiger partial charge in [-0.15, -0.1) is 0 Å². The predicted molar refractivity (Wildman–Crippen MR) is 107 cm³/mol. The fraction of sp³-hybridized carbons (Fsp3) is 0.333. The average molecular weight is 381 g/mol. The number of methoxy groups -OCH3 is 3. The van der Waals surface area contributed by atoms with E-state index in [2.05, 4.69) is 21.2 Å². The lowest BCUT2D eigenvalue weighted by atomic mass is 10.1. The Kier molecular flexibility index (Phi) is 5.16. The van der Waals surface area contributed by atoms with Crippen molar-refractivity contribution in [1.82, 2.24) is 10.2 Å². The van der Waals surface area contributed by atoms with Crippen LogP contribution in [0.5, 0.6) is 17.2 Å². The van der Waals surface area contributed by atoms with Gasteiger partial charge in [-0.05, 0) is 23.8 Å². The quantitative estimate of drug-likeness (QED) is 0.672. The van der Waals surface area contributed by atoms with Gasteiger partial charge < -0.3 is 23.8 Å². The minimum atomic E-state index is -0.0489. The first-order valence-electron chi connectivity index (χ1n) is 9.11. The highest BCUT2D eigenvalue weighted by Crippen LogP contribution is 2.36. The maximum Gasteiger partial charge on any atom is 0.162 e. The summed E-state index contributed by atoms with van der Waals surface area (Å²) >= 11 is 0. The smallest absolute Gasteiger partial charge is 0.162 e. The predicted octanol–water partition coefficient (Wildman–Crippen LogP) is 3.23. The summed E-state index contributed by atoms with van der Waals surface area (Å²) in [6.45, 7) is 2.11. The molecular weight excluding hydrogens is 358 g/mol. The van der Waals surface area contributed by atoms with Gasteiger partial charge in [-0.2, -0.15) is 10.2 Å². The van der Waals surface area contributed by atoms with E-state index in [9.17, 15) is 0 Å². The molecule has 0 N–H and O–H groups in total. The summed E-state index contributed by atoms with van der Waals surface area (Å²) in [6, 6.07) is 11.8. The van der Waals surface area contributed by atoms with Crippen molar-refractivity contribution < 1.29 is 18.9 Å².